The molecule has 9 nitrogen and oxygen atoms in total. The molecule has 1 aliphatic carbocycles. The van der Waals surface area contributed by atoms with Crippen molar-refractivity contribution in [3.05, 3.63) is 0 Å². The van der Waals surface area contributed by atoms with Crippen LogP contribution in [0.1, 0.15) is 65.2 Å². The van der Waals surface area contributed by atoms with Crippen molar-refractivity contribution in [2.45, 2.75) is 107 Å². The topological polar surface area (TPSA) is 105 Å². The molecular formula is C24H47ClN8O. The number of carbonyl (C=O) groups is 1. The first-order valence-electron chi connectivity index (χ1n) is 13.7. The van der Waals surface area contributed by atoms with Gasteiger partial charge in [-0.25, -0.2) is 10.9 Å². The molecule has 4 aliphatic rings. The summed E-state index contributed by atoms with van der Waals surface area (Å²) in [6.45, 7) is 9.19. The molecule has 3 aliphatic heterocycles. The predicted octanol–water partition coefficient (Wildman–Crippen LogP) is 0.380. The van der Waals surface area contributed by atoms with Gasteiger partial charge in [0.15, 0.2) is 0 Å². The Morgan fingerprint density at radius 3 is 2.76 bits per heavy atom. The summed E-state index contributed by atoms with van der Waals surface area (Å²) in [5.74, 6) is 0.278. The molecule has 0 spiro atoms. The van der Waals surface area contributed by atoms with E-state index in [1.165, 1.54) is 0 Å². The third-order valence-corrected chi connectivity index (χ3v) is 8.61. The van der Waals surface area contributed by atoms with E-state index in [2.05, 4.69) is 56.2 Å². The van der Waals surface area contributed by atoms with Crippen LogP contribution in [0.4, 0.5) is 0 Å². The van der Waals surface area contributed by atoms with E-state index >= 15 is 0 Å². The summed E-state index contributed by atoms with van der Waals surface area (Å²) in [5, 5.41) is 17.6. The van der Waals surface area contributed by atoms with Crippen LogP contribution in [0.5, 0.6) is 0 Å². The number of alkyl halides is 1. The van der Waals surface area contributed by atoms with E-state index in [9.17, 15) is 4.79 Å². The second-order valence-electron chi connectivity index (χ2n) is 10.7. The molecule has 34 heavy (non-hydrogen) atoms. The minimum absolute atomic E-state index is 0.0560. The Morgan fingerprint density at radius 1 is 1.12 bits per heavy atom. The Kier molecular flexibility index (Phi) is 10.3. The number of piperidine rings is 1. The molecule has 8 atom stereocenters. The molecule has 1 amide bonds. The molecule has 0 aromatic carbocycles. The van der Waals surface area contributed by atoms with Gasteiger partial charge in [-0.15, -0.1) is 11.6 Å². The summed E-state index contributed by atoms with van der Waals surface area (Å²) in [6, 6.07) is 1.04. The summed E-state index contributed by atoms with van der Waals surface area (Å²) in [6.07, 6.45) is 9.07. The summed E-state index contributed by atoms with van der Waals surface area (Å²) < 4.78 is 0. The number of nitrogens with zero attached hydrogens (tertiary/aromatic N) is 1. The van der Waals surface area contributed by atoms with Crippen LogP contribution in [0.15, 0.2) is 0 Å². The van der Waals surface area contributed by atoms with Gasteiger partial charge in [-0.1, -0.05) is 13.3 Å². The summed E-state index contributed by atoms with van der Waals surface area (Å²) >= 11 is 6.52. The van der Waals surface area contributed by atoms with Crippen molar-refractivity contribution >= 4 is 17.5 Å². The lowest BCUT2D eigenvalue weighted by Gasteiger charge is -2.37. The molecule has 4 rings (SSSR count). The fraction of sp³-hybridized carbons (Fsp3) is 0.958. The van der Waals surface area contributed by atoms with Gasteiger partial charge in [0.25, 0.3) is 0 Å². The van der Waals surface area contributed by atoms with Gasteiger partial charge >= 0.3 is 0 Å². The monoisotopic (exact) mass is 498 g/mol. The number of carbonyl (C=O) groups excluding carboxylic acids is 1. The molecule has 7 unspecified atom stereocenters. The minimum Gasteiger partial charge on any atom is -0.352 e. The molecule has 1 saturated carbocycles. The maximum absolute atomic E-state index is 13.1. The standard InChI is InChI=1S/C24H47ClN8O/c1-3-12-33-21(31-32-23(33)20-9-11-26-15-29-20)14-28-18-7-4-6-17(13-18)24(34)30-16(2)22-19(25)8-5-10-27-22/h16-23,26-29,31-32H,3-15H2,1-2H3,(H,30,34)/t16-,17?,18?,19?,20?,21?,22?,23?/m0/s1. The van der Waals surface area contributed by atoms with Crippen molar-refractivity contribution in [1.29, 1.82) is 0 Å². The fourth-order valence-corrected chi connectivity index (χ4v) is 6.66. The minimum atomic E-state index is 0.0560. The fourth-order valence-electron chi connectivity index (χ4n) is 6.20. The van der Waals surface area contributed by atoms with Gasteiger partial charge in [0, 0.05) is 49.8 Å². The van der Waals surface area contributed by atoms with E-state index in [-0.39, 0.29) is 35.5 Å². The van der Waals surface area contributed by atoms with Gasteiger partial charge in [-0.3, -0.25) is 15.0 Å². The van der Waals surface area contributed by atoms with Gasteiger partial charge in [0.2, 0.25) is 5.91 Å². The van der Waals surface area contributed by atoms with Gasteiger partial charge in [-0.05, 0) is 65.0 Å². The number of nitrogens with one attached hydrogen (secondary N) is 7. The Labute approximate surface area is 210 Å². The second-order valence-corrected chi connectivity index (χ2v) is 11.2. The van der Waals surface area contributed by atoms with Crippen molar-refractivity contribution in [2.75, 3.05) is 32.8 Å². The molecule has 10 heteroatoms. The van der Waals surface area contributed by atoms with Gasteiger partial charge in [-0.2, -0.15) is 0 Å². The van der Waals surface area contributed by atoms with Crippen molar-refractivity contribution in [2.24, 2.45) is 5.92 Å². The van der Waals surface area contributed by atoms with E-state index in [4.69, 9.17) is 11.6 Å². The summed E-state index contributed by atoms with van der Waals surface area (Å²) in [4.78, 5) is 15.6. The Morgan fingerprint density at radius 2 is 2.00 bits per heavy atom. The summed E-state index contributed by atoms with van der Waals surface area (Å²) in [5.41, 5.74) is 7.08. The number of amides is 1. The third kappa shape index (κ3) is 6.82. The number of hydrogen-bond donors (Lipinski definition) is 7. The maximum Gasteiger partial charge on any atom is 0.223 e. The number of rotatable bonds is 9. The highest BCUT2D eigenvalue weighted by atomic mass is 35.5. The summed E-state index contributed by atoms with van der Waals surface area (Å²) in [7, 11) is 0. The van der Waals surface area contributed by atoms with Crippen molar-refractivity contribution < 1.29 is 4.79 Å². The third-order valence-electron chi connectivity index (χ3n) is 8.12. The van der Waals surface area contributed by atoms with Crippen LogP contribution in [0.2, 0.25) is 0 Å². The van der Waals surface area contributed by atoms with Crippen LogP contribution in [0.3, 0.4) is 0 Å². The van der Waals surface area contributed by atoms with Gasteiger partial charge in [0.05, 0.1) is 17.7 Å². The van der Waals surface area contributed by atoms with Gasteiger partial charge in [0.1, 0.15) is 0 Å². The average Bonchev–Trinajstić information content (AvgIpc) is 3.26. The number of hydrazine groups is 1. The molecular weight excluding hydrogens is 452 g/mol. The van der Waals surface area contributed by atoms with E-state index in [0.717, 1.165) is 84.2 Å². The molecule has 0 radical (unpaired) electrons. The molecule has 3 heterocycles. The van der Waals surface area contributed by atoms with Crippen molar-refractivity contribution in [1.82, 2.24) is 42.3 Å². The highest BCUT2D eigenvalue weighted by Gasteiger charge is 2.38. The van der Waals surface area contributed by atoms with Crippen LogP contribution in [-0.2, 0) is 4.79 Å². The SMILES string of the molecule is CCCN1C(CNC2CCCC(C(=O)N[C@@H](C)C3NCCCC3Cl)C2)NNC1C1CCNCN1. The van der Waals surface area contributed by atoms with Crippen molar-refractivity contribution in [3.63, 3.8) is 0 Å². The lowest BCUT2D eigenvalue weighted by molar-refractivity contribution is -0.127. The van der Waals surface area contributed by atoms with Crippen LogP contribution < -0.4 is 37.4 Å². The van der Waals surface area contributed by atoms with E-state index < -0.39 is 0 Å². The van der Waals surface area contributed by atoms with Crippen LogP contribution in [0.25, 0.3) is 0 Å². The zero-order valence-electron chi connectivity index (χ0n) is 21.0. The first-order chi connectivity index (χ1) is 16.6. The lowest BCUT2D eigenvalue weighted by Crippen LogP contribution is -2.59. The Bertz CT molecular complexity index is 636. The van der Waals surface area contributed by atoms with E-state index in [1.54, 1.807) is 0 Å². The van der Waals surface area contributed by atoms with Crippen molar-refractivity contribution in [3.8, 4) is 0 Å². The Hall–Kier alpha value is -0.520. The molecule has 0 aromatic heterocycles. The van der Waals surface area contributed by atoms with Crippen LogP contribution in [-0.4, -0.2) is 85.5 Å². The van der Waals surface area contributed by atoms with Crippen LogP contribution >= 0.6 is 11.6 Å². The quantitative estimate of drug-likeness (QED) is 0.229. The highest BCUT2D eigenvalue weighted by molar-refractivity contribution is 6.21. The Balaban J connectivity index is 1.24. The smallest absolute Gasteiger partial charge is 0.223 e. The molecule has 3 saturated heterocycles. The average molecular weight is 499 g/mol. The molecule has 7 N–H and O–H groups in total. The lowest BCUT2D eigenvalue weighted by atomic mass is 9.84. The largest absolute Gasteiger partial charge is 0.352 e. The van der Waals surface area contributed by atoms with E-state index in [0.29, 0.717) is 18.2 Å². The van der Waals surface area contributed by atoms with E-state index in [1.807, 2.05) is 0 Å². The predicted molar refractivity (Wildman–Crippen MR) is 137 cm³/mol. The zero-order chi connectivity index (χ0) is 23.9. The highest BCUT2D eigenvalue weighted by Crippen LogP contribution is 2.26. The second kappa shape index (κ2) is 13.1. The molecule has 0 bridgehead atoms. The molecule has 4 fully saturated rings. The number of halogens is 1. The molecule has 196 valence electrons. The number of hydrogen-bond acceptors (Lipinski definition) is 8. The zero-order valence-corrected chi connectivity index (χ0v) is 21.8. The molecule has 0 aromatic rings. The normalized spacial score (nSPS) is 38.5. The van der Waals surface area contributed by atoms with Gasteiger partial charge < -0.3 is 21.3 Å². The maximum atomic E-state index is 13.1. The van der Waals surface area contributed by atoms with Crippen LogP contribution in [0, 0.1) is 5.92 Å². The first kappa shape index (κ1) is 26.5. The first-order valence-corrected chi connectivity index (χ1v) is 14.1.